The van der Waals surface area contributed by atoms with Gasteiger partial charge in [-0.25, -0.2) is 0 Å². The minimum Gasteiger partial charge on any atom is -0.311 e. The molecule has 0 heterocycles. The molecule has 2 nitrogen and oxygen atoms in total. The largest absolute Gasteiger partial charge is 0.311 e. The number of anilines is 6. The van der Waals surface area contributed by atoms with Gasteiger partial charge >= 0.3 is 0 Å². The summed E-state index contributed by atoms with van der Waals surface area (Å²) in [5.41, 5.74) is 6.73. The van der Waals surface area contributed by atoms with Crippen molar-refractivity contribution in [2.75, 3.05) is 9.80 Å². The molecule has 0 saturated carbocycles. The highest BCUT2D eigenvalue weighted by Gasteiger charge is 2.18. The maximum atomic E-state index is 2.37. The van der Waals surface area contributed by atoms with Crippen molar-refractivity contribution in [3.05, 3.63) is 182 Å². The smallest absolute Gasteiger partial charge is 0.0540 e. The summed E-state index contributed by atoms with van der Waals surface area (Å²) >= 11 is 0. The Labute approximate surface area is 257 Å². The maximum Gasteiger partial charge on any atom is 0.0540 e. The van der Waals surface area contributed by atoms with Gasteiger partial charge in [-0.15, -0.1) is 0 Å². The summed E-state index contributed by atoms with van der Waals surface area (Å²) in [5.74, 6) is 0. The Hall–Kier alpha value is -5.86. The SMILES string of the molecule is c1ccc(N(c2ccccc2)c2ccc(N(c3ccccc3)c3cccc4cc5c(ccc6ccccc65)cc34)cc2)cc1. The van der Waals surface area contributed by atoms with Gasteiger partial charge in [0.2, 0.25) is 0 Å². The fourth-order valence-corrected chi connectivity index (χ4v) is 6.32. The molecule has 0 amide bonds. The van der Waals surface area contributed by atoms with Crippen LogP contribution in [0.5, 0.6) is 0 Å². The second-order valence-corrected chi connectivity index (χ2v) is 11.1. The lowest BCUT2D eigenvalue weighted by Gasteiger charge is -2.29. The molecule has 0 N–H and O–H groups in total. The summed E-state index contributed by atoms with van der Waals surface area (Å²) in [4.78, 5) is 4.67. The van der Waals surface area contributed by atoms with E-state index in [1.54, 1.807) is 0 Å². The molecule has 0 atom stereocenters. The normalized spacial score (nSPS) is 11.2. The first-order valence-electron chi connectivity index (χ1n) is 15.0. The highest BCUT2D eigenvalue weighted by Crippen LogP contribution is 2.42. The van der Waals surface area contributed by atoms with Gasteiger partial charge in [0, 0.05) is 33.8 Å². The zero-order chi connectivity index (χ0) is 29.3. The van der Waals surface area contributed by atoms with Crippen molar-refractivity contribution in [2.45, 2.75) is 0 Å². The van der Waals surface area contributed by atoms with Gasteiger partial charge in [0.25, 0.3) is 0 Å². The third kappa shape index (κ3) is 4.63. The molecule has 0 saturated heterocycles. The maximum absolute atomic E-state index is 2.37. The summed E-state index contributed by atoms with van der Waals surface area (Å²) in [6, 6.07) is 65.1. The van der Waals surface area contributed by atoms with E-state index in [0.29, 0.717) is 0 Å². The fourth-order valence-electron chi connectivity index (χ4n) is 6.32. The predicted molar refractivity (Wildman–Crippen MR) is 188 cm³/mol. The summed E-state index contributed by atoms with van der Waals surface area (Å²) in [7, 11) is 0. The van der Waals surface area contributed by atoms with Gasteiger partial charge in [-0.2, -0.15) is 0 Å². The number of benzene rings is 8. The van der Waals surface area contributed by atoms with Gasteiger partial charge in [-0.05, 0) is 106 Å². The molecule has 0 fully saturated rings. The highest BCUT2D eigenvalue weighted by molar-refractivity contribution is 6.14. The Morgan fingerprint density at radius 1 is 0.250 bits per heavy atom. The summed E-state index contributed by atoms with van der Waals surface area (Å²) in [6.07, 6.45) is 0. The van der Waals surface area contributed by atoms with Crippen LogP contribution in [-0.4, -0.2) is 0 Å². The minimum absolute atomic E-state index is 1.10. The Balaban J connectivity index is 1.28. The number of rotatable bonds is 6. The number of para-hydroxylation sites is 3. The van der Waals surface area contributed by atoms with E-state index in [-0.39, 0.29) is 0 Å². The van der Waals surface area contributed by atoms with Crippen LogP contribution < -0.4 is 9.80 Å². The Bertz CT molecular complexity index is 2170. The van der Waals surface area contributed by atoms with Crippen LogP contribution >= 0.6 is 0 Å². The zero-order valence-electron chi connectivity index (χ0n) is 24.2. The van der Waals surface area contributed by atoms with Crippen LogP contribution in [-0.2, 0) is 0 Å². The molecule has 0 aliphatic carbocycles. The van der Waals surface area contributed by atoms with Crippen molar-refractivity contribution < 1.29 is 0 Å². The Kier molecular flexibility index (Phi) is 6.51. The fraction of sp³-hybridized carbons (Fsp3) is 0. The van der Waals surface area contributed by atoms with E-state index in [0.717, 1.165) is 34.1 Å². The minimum atomic E-state index is 1.10. The molecule has 208 valence electrons. The lowest BCUT2D eigenvalue weighted by molar-refractivity contribution is 1.26. The first-order valence-corrected chi connectivity index (χ1v) is 15.0. The van der Waals surface area contributed by atoms with Gasteiger partial charge in [0.1, 0.15) is 0 Å². The number of nitrogens with zero attached hydrogens (tertiary/aromatic N) is 2. The first kappa shape index (κ1) is 25.8. The van der Waals surface area contributed by atoms with Crippen molar-refractivity contribution in [3.63, 3.8) is 0 Å². The molecule has 44 heavy (non-hydrogen) atoms. The molecule has 0 radical (unpaired) electrons. The van der Waals surface area contributed by atoms with Crippen molar-refractivity contribution in [1.29, 1.82) is 0 Å². The van der Waals surface area contributed by atoms with Crippen molar-refractivity contribution in [1.82, 2.24) is 0 Å². The zero-order valence-corrected chi connectivity index (χ0v) is 24.2. The standard InChI is InChI=1S/C42H30N2/c1-4-15-34(16-5-1)43(35-17-6-2-7-18-35)37-25-27-38(28-26-37)44(36-19-8-3-9-20-36)42-22-12-14-32-29-40-33(30-41(32)42)24-23-31-13-10-11-21-39(31)40/h1-30H. The molecule has 8 aromatic carbocycles. The number of fused-ring (bicyclic) bond motifs is 4. The molecule has 0 spiro atoms. The third-order valence-corrected chi connectivity index (χ3v) is 8.37. The van der Waals surface area contributed by atoms with Crippen LogP contribution in [0, 0.1) is 0 Å². The molecule has 0 aliphatic rings. The van der Waals surface area contributed by atoms with Crippen molar-refractivity contribution >= 4 is 66.4 Å². The van der Waals surface area contributed by atoms with Crippen LogP contribution in [0.15, 0.2) is 182 Å². The summed E-state index contributed by atoms with van der Waals surface area (Å²) in [5, 5.41) is 7.52. The quantitative estimate of drug-likeness (QED) is 0.147. The van der Waals surface area contributed by atoms with Crippen molar-refractivity contribution in [2.24, 2.45) is 0 Å². The van der Waals surface area contributed by atoms with E-state index < -0.39 is 0 Å². The van der Waals surface area contributed by atoms with E-state index >= 15 is 0 Å². The average molecular weight is 563 g/mol. The number of hydrogen-bond acceptors (Lipinski definition) is 2. The predicted octanol–water partition coefficient (Wildman–Crippen LogP) is 12.1. The summed E-state index contributed by atoms with van der Waals surface area (Å²) in [6.45, 7) is 0. The number of hydrogen-bond donors (Lipinski definition) is 0. The Morgan fingerprint density at radius 2 is 0.682 bits per heavy atom. The third-order valence-electron chi connectivity index (χ3n) is 8.37. The Morgan fingerprint density at radius 3 is 1.32 bits per heavy atom. The topological polar surface area (TPSA) is 6.48 Å². The van der Waals surface area contributed by atoms with Crippen LogP contribution in [0.2, 0.25) is 0 Å². The van der Waals surface area contributed by atoms with Gasteiger partial charge in [0.05, 0.1) is 5.69 Å². The van der Waals surface area contributed by atoms with Gasteiger partial charge < -0.3 is 9.80 Å². The molecule has 2 heteroatoms. The van der Waals surface area contributed by atoms with Crippen LogP contribution in [0.1, 0.15) is 0 Å². The van der Waals surface area contributed by atoms with E-state index in [1.165, 1.54) is 32.3 Å². The lowest BCUT2D eigenvalue weighted by Crippen LogP contribution is -2.12. The van der Waals surface area contributed by atoms with Gasteiger partial charge in [-0.1, -0.05) is 103 Å². The molecule has 0 aromatic heterocycles. The van der Waals surface area contributed by atoms with Gasteiger partial charge in [-0.3, -0.25) is 0 Å². The molecule has 8 rings (SSSR count). The molecule has 8 aromatic rings. The molecule has 0 aliphatic heterocycles. The van der Waals surface area contributed by atoms with E-state index in [1.807, 2.05) is 0 Å². The van der Waals surface area contributed by atoms with Crippen LogP contribution in [0.25, 0.3) is 32.3 Å². The van der Waals surface area contributed by atoms with Crippen molar-refractivity contribution in [3.8, 4) is 0 Å². The van der Waals surface area contributed by atoms with Crippen LogP contribution in [0.4, 0.5) is 34.1 Å². The second-order valence-electron chi connectivity index (χ2n) is 11.1. The van der Waals surface area contributed by atoms with E-state index in [2.05, 4.69) is 192 Å². The van der Waals surface area contributed by atoms with E-state index in [4.69, 9.17) is 0 Å². The molecular weight excluding hydrogens is 532 g/mol. The summed E-state index contributed by atoms with van der Waals surface area (Å²) < 4.78 is 0. The molecule has 0 unspecified atom stereocenters. The monoisotopic (exact) mass is 562 g/mol. The molecular formula is C42H30N2. The average Bonchev–Trinajstić information content (AvgIpc) is 3.10. The highest BCUT2D eigenvalue weighted by atomic mass is 15.2. The lowest BCUT2D eigenvalue weighted by atomic mass is 9.97. The van der Waals surface area contributed by atoms with Crippen LogP contribution in [0.3, 0.4) is 0 Å². The van der Waals surface area contributed by atoms with Gasteiger partial charge in [0.15, 0.2) is 0 Å². The molecule has 0 bridgehead atoms. The van der Waals surface area contributed by atoms with E-state index in [9.17, 15) is 0 Å². The second kappa shape index (κ2) is 11.1. The first-order chi connectivity index (χ1) is 21.8.